The van der Waals surface area contributed by atoms with Gasteiger partial charge in [-0.1, -0.05) is 42.5 Å². The molecule has 0 fully saturated rings. The summed E-state index contributed by atoms with van der Waals surface area (Å²) >= 11 is 0. The molecule has 0 aliphatic rings. The van der Waals surface area contributed by atoms with Crippen molar-refractivity contribution < 1.29 is 18.7 Å². The molecule has 0 aliphatic heterocycles. The summed E-state index contributed by atoms with van der Waals surface area (Å²) in [5.74, 6) is -1.75. The van der Waals surface area contributed by atoms with Crippen molar-refractivity contribution in [3.8, 4) is 0 Å². The van der Waals surface area contributed by atoms with E-state index in [1.807, 2.05) is 36.4 Å². The lowest BCUT2D eigenvalue weighted by Crippen LogP contribution is -2.15. The molecule has 1 aromatic heterocycles. The van der Waals surface area contributed by atoms with E-state index in [1.54, 1.807) is 12.1 Å². The van der Waals surface area contributed by atoms with Crippen molar-refractivity contribution in [2.75, 3.05) is 7.11 Å². The molecule has 0 atom stereocenters. The maximum atomic E-state index is 11.7. The number of rotatable bonds is 4. The Hall–Kier alpha value is -2.62. The maximum absolute atomic E-state index is 11.7. The minimum Gasteiger partial charge on any atom is -0.463 e. The lowest BCUT2D eigenvalue weighted by molar-refractivity contribution is -0.135. The van der Waals surface area contributed by atoms with Gasteiger partial charge >= 0.3 is 11.8 Å². The van der Waals surface area contributed by atoms with E-state index >= 15 is 0 Å². The maximum Gasteiger partial charge on any atom is 0.382 e. The van der Waals surface area contributed by atoms with Crippen molar-refractivity contribution in [2.45, 2.75) is 0 Å². The summed E-state index contributed by atoms with van der Waals surface area (Å²) in [6.45, 7) is 0. The van der Waals surface area contributed by atoms with Gasteiger partial charge in [0.1, 0.15) is 0 Å². The summed E-state index contributed by atoms with van der Waals surface area (Å²) in [5.41, 5.74) is 1.53. The summed E-state index contributed by atoms with van der Waals surface area (Å²) in [5, 5.41) is 0. The molecule has 2 rings (SSSR count). The lowest BCUT2D eigenvalue weighted by atomic mass is 10.1. The minimum atomic E-state index is -0.940. The smallest absolute Gasteiger partial charge is 0.382 e. The Morgan fingerprint density at radius 1 is 1.11 bits per heavy atom. The Labute approximate surface area is 110 Å². The molecule has 19 heavy (non-hydrogen) atoms. The average molecular weight is 256 g/mol. The third-order valence-corrected chi connectivity index (χ3v) is 2.53. The molecule has 96 valence electrons. The molecule has 4 nitrogen and oxygen atoms in total. The van der Waals surface area contributed by atoms with Gasteiger partial charge in [-0.3, -0.25) is 4.79 Å². The van der Waals surface area contributed by atoms with E-state index in [0.29, 0.717) is 5.56 Å². The SMILES string of the molecule is COC(=O)C(=O)c1occc1C=Cc1ccccc1. The van der Waals surface area contributed by atoms with E-state index in [0.717, 1.165) is 12.7 Å². The van der Waals surface area contributed by atoms with Crippen molar-refractivity contribution in [3.63, 3.8) is 0 Å². The first kappa shape index (κ1) is 12.8. The number of methoxy groups -OCH3 is 1. The van der Waals surface area contributed by atoms with Crippen LogP contribution in [0.25, 0.3) is 12.2 Å². The molecule has 0 unspecified atom stereocenters. The molecule has 1 aromatic carbocycles. The first-order valence-electron chi connectivity index (χ1n) is 5.65. The van der Waals surface area contributed by atoms with Gasteiger partial charge in [0.2, 0.25) is 0 Å². The largest absolute Gasteiger partial charge is 0.463 e. The Kier molecular flexibility index (Phi) is 3.93. The average Bonchev–Trinajstić information content (AvgIpc) is 2.93. The van der Waals surface area contributed by atoms with Crippen LogP contribution in [0.1, 0.15) is 21.7 Å². The summed E-state index contributed by atoms with van der Waals surface area (Å²) in [4.78, 5) is 22.8. The lowest BCUT2D eigenvalue weighted by Gasteiger charge is -1.97. The number of benzene rings is 1. The molecule has 0 spiro atoms. The van der Waals surface area contributed by atoms with Crippen LogP contribution in [0.15, 0.2) is 47.1 Å². The zero-order valence-corrected chi connectivity index (χ0v) is 10.3. The Morgan fingerprint density at radius 3 is 2.53 bits per heavy atom. The number of furan rings is 1. The zero-order chi connectivity index (χ0) is 13.7. The molecular weight excluding hydrogens is 244 g/mol. The number of ether oxygens (including phenoxy) is 1. The minimum absolute atomic E-state index is 0.0148. The third-order valence-electron chi connectivity index (χ3n) is 2.53. The second-order valence-corrected chi connectivity index (χ2v) is 3.77. The third kappa shape index (κ3) is 2.98. The fraction of sp³-hybridized carbons (Fsp3) is 0.0667. The monoisotopic (exact) mass is 256 g/mol. The summed E-state index contributed by atoms with van der Waals surface area (Å²) in [6, 6.07) is 11.2. The molecule has 1 heterocycles. The van der Waals surface area contributed by atoms with Crippen molar-refractivity contribution in [1.82, 2.24) is 0 Å². The Bertz CT molecular complexity index is 608. The normalized spacial score (nSPS) is 10.6. The highest BCUT2D eigenvalue weighted by atomic mass is 16.5. The highest BCUT2D eigenvalue weighted by Gasteiger charge is 2.22. The van der Waals surface area contributed by atoms with Gasteiger partial charge in [0.15, 0.2) is 5.76 Å². The van der Waals surface area contributed by atoms with Crippen LogP contribution >= 0.6 is 0 Å². The van der Waals surface area contributed by atoms with Gasteiger partial charge < -0.3 is 9.15 Å². The molecule has 0 N–H and O–H groups in total. The number of ketones is 1. The van der Waals surface area contributed by atoms with E-state index in [9.17, 15) is 9.59 Å². The Balaban J connectivity index is 2.23. The van der Waals surface area contributed by atoms with Crippen LogP contribution in [0.5, 0.6) is 0 Å². The van der Waals surface area contributed by atoms with Crippen molar-refractivity contribution in [2.24, 2.45) is 0 Å². The van der Waals surface area contributed by atoms with E-state index in [2.05, 4.69) is 4.74 Å². The summed E-state index contributed by atoms with van der Waals surface area (Å²) in [7, 11) is 1.16. The van der Waals surface area contributed by atoms with Crippen LogP contribution in [0, 0.1) is 0 Å². The van der Waals surface area contributed by atoms with E-state index in [4.69, 9.17) is 4.42 Å². The van der Waals surface area contributed by atoms with Crippen LogP contribution in [0.2, 0.25) is 0 Å². The van der Waals surface area contributed by atoms with Crippen molar-refractivity contribution >= 4 is 23.9 Å². The van der Waals surface area contributed by atoms with Gasteiger partial charge in [-0.2, -0.15) is 0 Å². The molecule has 0 saturated heterocycles. The van der Waals surface area contributed by atoms with Crippen LogP contribution in [0.4, 0.5) is 0 Å². The fourth-order valence-electron chi connectivity index (χ4n) is 1.57. The summed E-state index contributed by atoms with van der Waals surface area (Å²) in [6.07, 6.45) is 4.91. The van der Waals surface area contributed by atoms with Gasteiger partial charge in [-0.15, -0.1) is 0 Å². The quantitative estimate of drug-likeness (QED) is 0.479. The van der Waals surface area contributed by atoms with Gasteiger partial charge in [-0.05, 0) is 11.6 Å². The molecular formula is C15H12O4. The fourth-order valence-corrected chi connectivity index (χ4v) is 1.57. The van der Waals surface area contributed by atoms with Crippen LogP contribution in [-0.4, -0.2) is 18.9 Å². The highest BCUT2D eigenvalue weighted by molar-refractivity contribution is 6.40. The topological polar surface area (TPSA) is 56.5 Å². The number of esters is 1. The first-order chi connectivity index (χ1) is 9.22. The zero-order valence-electron chi connectivity index (χ0n) is 10.3. The van der Waals surface area contributed by atoms with E-state index in [-0.39, 0.29) is 5.76 Å². The standard InChI is InChI=1S/C15H12O4/c1-18-15(17)13(16)14-12(9-10-19-14)8-7-11-5-3-2-4-6-11/h2-10H,1H3. The Morgan fingerprint density at radius 2 is 1.84 bits per heavy atom. The number of carbonyl (C=O) groups excluding carboxylic acids is 2. The predicted molar refractivity (Wildman–Crippen MR) is 70.4 cm³/mol. The van der Waals surface area contributed by atoms with Gasteiger partial charge in [-0.25, -0.2) is 4.79 Å². The van der Waals surface area contributed by atoms with Crippen molar-refractivity contribution in [1.29, 1.82) is 0 Å². The molecule has 0 radical (unpaired) electrons. The molecule has 2 aromatic rings. The molecule has 0 amide bonds. The molecule has 0 aliphatic carbocycles. The number of carbonyl (C=O) groups is 2. The van der Waals surface area contributed by atoms with E-state index < -0.39 is 11.8 Å². The van der Waals surface area contributed by atoms with Gasteiger partial charge in [0.25, 0.3) is 0 Å². The van der Waals surface area contributed by atoms with Gasteiger partial charge in [0.05, 0.1) is 13.4 Å². The molecule has 0 bridgehead atoms. The number of Topliss-reactive ketones (excluding diaryl/α,β-unsaturated/α-hetero) is 1. The van der Waals surface area contributed by atoms with Gasteiger partial charge in [0, 0.05) is 5.56 Å². The van der Waals surface area contributed by atoms with Crippen LogP contribution in [0.3, 0.4) is 0 Å². The second-order valence-electron chi connectivity index (χ2n) is 3.77. The van der Waals surface area contributed by atoms with Crippen LogP contribution < -0.4 is 0 Å². The second kappa shape index (κ2) is 5.82. The van der Waals surface area contributed by atoms with Crippen LogP contribution in [-0.2, 0) is 9.53 Å². The summed E-state index contributed by atoms with van der Waals surface area (Å²) < 4.78 is 9.42. The predicted octanol–water partition coefficient (Wildman–Crippen LogP) is 2.81. The molecule has 4 heteroatoms. The molecule has 0 saturated carbocycles. The highest BCUT2D eigenvalue weighted by Crippen LogP contribution is 2.15. The van der Waals surface area contributed by atoms with E-state index in [1.165, 1.54) is 6.26 Å². The first-order valence-corrected chi connectivity index (χ1v) is 5.65. The number of hydrogen-bond donors (Lipinski definition) is 0. The van der Waals surface area contributed by atoms with Crippen molar-refractivity contribution in [3.05, 3.63) is 59.5 Å². The number of hydrogen-bond acceptors (Lipinski definition) is 4.